The van der Waals surface area contributed by atoms with E-state index in [1.165, 1.54) is 12.1 Å². The second-order valence-corrected chi connectivity index (χ2v) is 6.33. The van der Waals surface area contributed by atoms with Gasteiger partial charge in [-0.1, -0.05) is 24.3 Å². The predicted molar refractivity (Wildman–Crippen MR) is 94.7 cm³/mol. The Morgan fingerprint density at radius 3 is 2.44 bits per heavy atom. The molecule has 1 N–H and O–H groups in total. The van der Waals surface area contributed by atoms with Gasteiger partial charge in [0, 0.05) is 18.7 Å². The number of anilines is 1. The Hall–Kier alpha value is -2.69. The maximum atomic E-state index is 13.0. The first-order valence-corrected chi connectivity index (χ1v) is 8.47. The Balaban J connectivity index is 1.57. The standard InChI is InChI=1S/C20H21FN2O2/c1-14(16-6-8-17(21)9-7-16)22-19(24)13-15-4-10-18(11-5-15)23-12-2-3-20(23)25/h4-11,14H,2-3,12-13H2,1H3,(H,22,24)/t14-/m0/s1. The van der Waals surface area contributed by atoms with E-state index >= 15 is 0 Å². The van der Waals surface area contributed by atoms with Gasteiger partial charge in [0.2, 0.25) is 11.8 Å². The van der Waals surface area contributed by atoms with Crippen molar-refractivity contribution < 1.29 is 14.0 Å². The van der Waals surface area contributed by atoms with Gasteiger partial charge in [0.15, 0.2) is 0 Å². The monoisotopic (exact) mass is 340 g/mol. The zero-order valence-corrected chi connectivity index (χ0v) is 14.2. The van der Waals surface area contributed by atoms with Gasteiger partial charge in [0.25, 0.3) is 0 Å². The predicted octanol–water partition coefficient (Wildman–Crippen LogP) is 3.37. The number of nitrogens with one attached hydrogen (secondary N) is 1. The van der Waals surface area contributed by atoms with Crippen LogP contribution in [-0.2, 0) is 16.0 Å². The molecule has 1 aliphatic rings. The molecule has 5 heteroatoms. The largest absolute Gasteiger partial charge is 0.349 e. The van der Waals surface area contributed by atoms with Crippen LogP contribution in [0.25, 0.3) is 0 Å². The Morgan fingerprint density at radius 1 is 1.16 bits per heavy atom. The Kier molecular flexibility index (Phi) is 5.12. The molecule has 1 saturated heterocycles. The van der Waals surface area contributed by atoms with E-state index in [0.29, 0.717) is 6.42 Å². The highest BCUT2D eigenvalue weighted by Crippen LogP contribution is 2.22. The number of halogens is 1. The molecular formula is C20H21FN2O2. The van der Waals surface area contributed by atoms with Crippen molar-refractivity contribution in [3.05, 3.63) is 65.5 Å². The summed E-state index contributed by atoms with van der Waals surface area (Å²) in [7, 11) is 0. The third kappa shape index (κ3) is 4.24. The fourth-order valence-electron chi connectivity index (χ4n) is 3.03. The molecule has 1 heterocycles. The zero-order valence-electron chi connectivity index (χ0n) is 14.2. The van der Waals surface area contributed by atoms with Gasteiger partial charge in [0.1, 0.15) is 5.82 Å². The average molecular weight is 340 g/mol. The molecule has 0 saturated carbocycles. The highest BCUT2D eigenvalue weighted by atomic mass is 19.1. The van der Waals surface area contributed by atoms with Crippen molar-refractivity contribution in [1.82, 2.24) is 5.32 Å². The molecule has 0 radical (unpaired) electrons. The Morgan fingerprint density at radius 2 is 1.84 bits per heavy atom. The Labute approximate surface area is 146 Å². The second kappa shape index (κ2) is 7.47. The molecule has 1 atom stereocenters. The van der Waals surface area contributed by atoms with Crippen LogP contribution in [0.3, 0.4) is 0 Å². The van der Waals surface area contributed by atoms with Crippen molar-refractivity contribution in [3.63, 3.8) is 0 Å². The van der Waals surface area contributed by atoms with Gasteiger partial charge in [-0.3, -0.25) is 9.59 Å². The van der Waals surface area contributed by atoms with E-state index in [9.17, 15) is 14.0 Å². The number of hydrogen-bond acceptors (Lipinski definition) is 2. The summed E-state index contributed by atoms with van der Waals surface area (Å²) < 4.78 is 13.0. The normalized spacial score (nSPS) is 15.3. The maximum Gasteiger partial charge on any atom is 0.227 e. The first-order valence-electron chi connectivity index (χ1n) is 8.47. The molecule has 0 bridgehead atoms. The highest BCUT2D eigenvalue weighted by Gasteiger charge is 2.21. The summed E-state index contributed by atoms with van der Waals surface area (Å²) in [4.78, 5) is 25.7. The summed E-state index contributed by atoms with van der Waals surface area (Å²) in [5, 5.41) is 2.91. The molecule has 0 spiro atoms. The molecule has 2 amide bonds. The smallest absolute Gasteiger partial charge is 0.227 e. The molecule has 0 aliphatic carbocycles. The maximum absolute atomic E-state index is 13.0. The molecular weight excluding hydrogens is 319 g/mol. The van der Waals surface area contributed by atoms with E-state index in [1.807, 2.05) is 31.2 Å². The molecule has 1 fully saturated rings. The number of rotatable bonds is 5. The van der Waals surface area contributed by atoms with Gasteiger partial charge >= 0.3 is 0 Å². The number of carbonyl (C=O) groups excluding carboxylic acids is 2. The van der Waals surface area contributed by atoms with Crippen LogP contribution in [-0.4, -0.2) is 18.4 Å². The van der Waals surface area contributed by atoms with Crippen LogP contribution in [0.1, 0.15) is 36.9 Å². The molecule has 0 unspecified atom stereocenters. The van der Waals surface area contributed by atoms with E-state index in [1.54, 1.807) is 17.0 Å². The summed E-state index contributed by atoms with van der Waals surface area (Å²) in [5.41, 5.74) is 2.63. The highest BCUT2D eigenvalue weighted by molar-refractivity contribution is 5.95. The minimum atomic E-state index is -0.293. The molecule has 2 aromatic rings. The van der Waals surface area contributed by atoms with Crippen molar-refractivity contribution in [2.45, 2.75) is 32.2 Å². The van der Waals surface area contributed by atoms with Crippen molar-refractivity contribution in [2.75, 3.05) is 11.4 Å². The summed E-state index contributed by atoms with van der Waals surface area (Å²) in [5.74, 6) is -0.237. The third-order valence-electron chi connectivity index (χ3n) is 4.43. The minimum Gasteiger partial charge on any atom is -0.349 e. The summed E-state index contributed by atoms with van der Waals surface area (Å²) in [6, 6.07) is 13.4. The topological polar surface area (TPSA) is 49.4 Å². The molecule has 3 rings (SSSR count). The van der Waals surface area contributed by atoms with E-state index in [0.717, 1.165) is 29.8 Å². The molecule has 2 aromatic carbocycles. The molecule has 4 nitrogen and oxygen atoms in total. The van der Waals surface area contributed by atoms with Gasteiger partial charge in [0.05, 0.1) is 12.5 Å². The summed E-state index contributed by atoms with van der Waals surface area (Å²) >= 11 is 0. The van der Waals surface area contributed by atoms with E-state index in [4.69, 9.17) is 0 Å². The summed E-state index contributed by atoms with van der Waals surface area (Å²) in [6.07, 6.45) is 1.76. The number of nitrogens with zero attached hydrogens (tertiary/aromatic N) is 1. The van der Waals surface area contributed by atoms with Crippen LogP contribution in [0.4, 0.5) is 10.1 Å². The first kappa shape index (κ1) is 17.1. The van der Waals surface area contributed by atoms with Crippen LogP contribution in [0.5, 0.6) is 0 Å². The van der Waals surface area contributed by atoms with Crippen molar-refractivity contribution in [1.29, 1.82) is 0 Å². The van der Waals surface area contributed by atoms with Crippen LogP contribution in [0.2, 0.25) is 0 Å². The van der Waals surface area contributed by atoms with E-state index in [-0.39, 0.29) is 30.1 Å². The van der Waals surface area contributed by atoms with Crippen molar-refractivity contribution >= 4 is 17.5 Å². The van der Waals surface area contributed by atoms with E-state index in [2.05, 4.69) is 5.32 Å². The molecule has 130 valence electrons. The number of hydrogen-bond donors (Lipinski definition) is 1. The van der Waals surface area contributed by atoms with Gasteiger partial charge < -0.3 is 10.2 Å². The van der Waals surface area contributed by atoms with Gasteiger partial charge in [-0.25, -0.2) is 4.39 Å². The zero-order chi connectivity index (χ0) is 17.8. The quantitative estimate of drug-likeness (QED) is 0.907. The Bertz CT molecular complexity index is 756. The summed E-state index contributed by atoms with van der Waals surface area (Å²) in [6.45, 7) is 2.63. The average Bonchev–Trinajstić information content (AvgIpc) is 3.02. The van der Waals surface area contributed by atoms with Crippen LogP contribution in [0.15, 0.2) is 48.5 Å². The lowest BCUT2D eigenvalue weighted by molar-refractivity contribution is -0.121. The number of benzene rings is 2. The number of carbonyl (C=O) groups is 2. The molecule has 0 aromatic heterocycles. The SMILES string of the molecule is C[C@H](NC(=O)Cc1ccc(N2CCCC2=O)cc1)c1ccc(F)cc1. The van der Waals surface area contributed by atoms with Crippen LogP contribution >= 0.6 is 0 Å². The second-order valence-electron chi connectivity index (χ2n) is 6.33. The van der Waals surface area contributed by atoms with Crippen molar-refractivity contribution in [2.24, 2.45) is 0 Å². The lowest BCUT2D eigenvalue weighted by Gasteiger charge is -2.16. The third-order valence-corrected chi connectivity index (χ3v) is 4.43. The fraction of sp³-hybridized carbons (Fsp3) is 0.300. The molecule has 1 aliphatic heterocycles. The lowest BCUT2D eigenvalue weighted by atomic mass is 10.1. The van der Waals surface area contributed by atoms with Crippen molar-refractivity contribution in [3.8, 4) is 0 Å². The minimum absolute atomic E-state index is 0.0955. The van der Waals surface area contributed by atoms with Crippen LogP contribution in [0, 0.1) is 5.82 Å². The molecule has 25 heavy (non-hydrogen) atoms. The van der Waals surface area contributed by atoms with Gasteiger partial charge in [-0.05, 0) is 48.7 Å². The van der Waals surface area contributed by atoms with E-state index < -0.39 is 0 Å². The van der Waals surface area contributed by atoms with Gasteiger partial charge in [-0.2, -0.15) is 0 Å². The first-order chi connectivity index (χ1) is 12.0. The number of amides is 2. The lowest BCUT2D eigenvalue weighted by Crippen LogP contribution is -2.28. The fourth-order valence-corrected chi connectivity index (χ4v) is 3.03. The van der Waals surface area contributed by atoms with Crippen LogP contribution < -0.4 is 10.2 Å². The van der Waals surface area contributed by atoms with Gasteiger partial charge in [-0.15, -0.1) is 0 Å².